The molecule has 5 aliphatic rings. The number of carbonyl (C=O) groups excluding carboxylic acids is 1. The van der Waals surface area contributed by atoms with Crippen LogP contribution in [0.2, 0.25) is 0 Å². The molecule has 4 aliphatic carbocycles. The van der Waals surface area contributed by atoms with Gasteiger partial charge in [0.05, 0.1) is 4.08 Å². The van der Waals surface area contributed by atoms with Crippen LogP contribution < -0.4 is 0 Å². The molecule has 1 saturated heterocycles. The van der Waals surface area contributed by atoms with Gasteiger partial charge in [-0.05, 0) is 104 Å². The summed E-state index contributed by atoms with van der Waals surface area (Å²) in [6, 6.07) is 0. The SMILES string of the molecule is CC(=O)OC1CCC2(C)C3CCC4(C)C(C(C)CCCC(C)C)CCC4C3CC3(SCCS3)C2C1. The van der Waals surface area contributed by atoms with Crippen molar-refractivity contribution in [2.45, 2.75) is 122 Å². The second kappa shape index (κ2) is 10.0. The Morgan fingerprint density at radius 1 is 0.943 bits per heavy atom. The summed E-state index contributed by atoms with van der Waals surface area (Å²) in [6.07, 6.45) is 15.2. The Bertz CT molecular complexity index is 776. The van der Waals surface area contributed by atoms with Gasteiger partial charge in [0, 0.05) is 18.4 Å². The third kappa shape index (κ3) is 4.65. The smallest absolute Gasteiger partial charge is 0.302 e. The van der Waals surface area contributed by atoms with Gasteiger partial charge in [-0.3, -0.25) is 4.79 Å². The maximum atomic E-state index is 11.8. The average molecular weight is 521 g/mol. The summed E-state index contributed by atoms with van der Waals surface area (Å²) in [4.78, 5) is 11.8. The molecule has 0 radical (unpaired) electrons. The predicted octanol–water partition coefficient (Wildman–Crippen LogP) is 8.83. The van der Waals surface area contributed by atoms with Crippen molar-refractivity contribution in [1.82, 2.24) is 0 Å². The number of ether oxygens (including phenoxy) is 1. The number of hydrogen-bond acceptors (Lipinski definition) is 4. The largest absolute Gasteiger partial charge is 0.463 e. The molecule has 0 aromatic carbocycles. The van der Waals surface area contributed by atoms with Crippen molar-refractivity contribution in [2.75, 3.05) is 11.5 Å². The normalized spacial score (nSPS) is 45.1. The fraction of sp³-hybridized carbons (Fsp3) is 0.968. The van der Waals surface area contributed by atoms with Crippen molar-refractivity contribution in [3.63, 3.8) is 0 Å². The second-order valence-electron chi connectivity index (χ2n) is 14.2. The van der Waals surface area contributed by atoms with Crippen LogP contribution in [0.5, 0.6) is 0 Å². The molecule has 5 rings (SSSR count). The topological polar surface area (TPSA) is 26.3 Å². The van der Waals surface area contributed by atoms with Crippen molar-refractivity contribution in [3.05, 3.63) is 0 Å². The van der Waals surface area contributed by atoms with Crippen LogP contribution in [0.15, 0.2) is 0 Å². The molecule has 1 spiro atoms. The maximum absolute atomic E-state index is 11.8. The van der Waals surface area contributed by atoms with Gasteiger partial charge in [-0.25, -0.2) is 0 Å². The first-order valence-electron chi connectivity index (χ1n) is 15.0. The van der Waals surface area contributed by atoms with Gasteiger partial charge in [0.2, 0.25) is 0 Å². The van der Waals surface area contributed by atoms with E-state index >= 15 is 0 Å². The van der Waals surface area contributed by atoms with Crippen LogP contribution in [0.3, 0.4) is 0 Å². The fourth-order valence-corrected chi connectivity index (χ4v) is 14.4. The number of thioether (sulfide) groups is 2. The molecule has 9 atom stereocenters. The Hall–Kier alpha value is 0.170. The Balaban J connectivity index is 1.38. The van der Waals surface area contributed by atoms with Crippen molar-refractivity contribution < 1.29 is 9.53 Å². The summed E-state index contributed by atoms with van der Waals surface area (Å²) >= 11 is 4.61. The van der Waals surface area contributed by atoms with Gasteiger partial charge in [0.25, 0.3) is 0 Å². The monoisotopic (exact) mass is 520 g/mol. The highest BCUT2D eigenvalue weighted by atomic mass is 32.2. The standard InChI is InChI=1S/C31H52O2S2/c1-20(2)8-7-9-21(3)25-10-11-26-24-19-31(34-16-17-35-31)28-18-23(33-22(4)32)12-14-30(28,6)27(24)13-15-29(25,26)5/h20-21,23-28H,7-19H2,1-6H3. The molecular formula is C31H52O2S2. The summed E-state index contributed by atoms with van der Waals surface area (Å²) in [5.74, 6) is 8.62. The van der Waals surface area contributed by atoms with Gasteiger partial charge >= 0.3 is 5.97 Å². The molecule has 0 aromatic heterocycles. The van der Waals surface area contributed by atoms with E-state index in [9.17, 15) is 4.79 Å². The third-order valence-electron chi connectivity index (χ3n) is 11.9. The zero-order chi connectivity index (χ0) is 25.0. The molecule has 4 saturated carbocycles. The molecule has 5 fully saturated rings. The molecule has 0 aromatic rings. The van der Waals surface area contributed by atoms with Gasteiger partial charge in [0.15, 0.2) is 0 Å². The molecule has 35 heavy (non-hydrogen) atoms. The van der Waals surface area contributed by atoms with Crippen LogP contribution in [-0.2, 0) is 9.53 Å². The number of esters is 1. The first-order valence-corrected chi connectivity index (χ1v) is 17.0. The quantitative estimate of drug-likeness (QED) is 0.327. The Labute approximate surface area is 224 Å². The van der Waals surface area contributed by atoms with Crippen molar-refractivity contribution in [3.8, 4) is 0 Å². The number of fused-ring (bicyclic) bond motifs is 6. The van der Waals surface area contributed by atoms with E-state index in [0.29, 0.717) is 20.8 Å². The molecule has 2 nitrogen and oxygen atoms in total. The summed E-state index contributed by atoms with van der Waals surface area (Å²) in [6.45, 7) is 14.4. The Morgan fingerprint density at radius 2 is 1.63 bits per heavy atom. The zero-order valence-corrected chi connectivity index (χ0v) is 25.1. The van der Waals surface area contributed by atoms with Crippen molar-refractivity contribution >= 4 is 29.5 Å². The van der Waals surface area contributed by atoms with Gasteiger partial charge in [0.1, 0.15) is 6.10 Å². The summed E-state index contributed by atoms with van der Waals surface area (Å²) < 4.78 is 6.21. The number of hydrogen-bond donors (Lipinski definition) is 0. The third-order valence-corrected chi connectivity index (χ3v) is 15.6. The van der Waals surface area contributed by atoms with Crippen LogP contribution in [0, 0.1) is 52.3 Å². The van der Waals surface area contributed by atoms with Crippen LogP contribution in [0.4, 0.5) is 0 Å². The molecule has 9 unspecified atom stereocenters. The van der Waals surface area contributed by atoms with Crippen LogP contribution >= 0.6 is 23.5 Å². The van der Waals surface area contributed by atoms with Gasteiger partial charge in [-0.1, -0.05) is 53.9 Å². The van der Waals surface area contributed by atoms with E-state index in [1.807, 2.05) is 0 Å². The predicted molar refractivity (Wildman–Crippen MR) is 152 cm³/mol. The number of rotatable bonds is 6. The second-order valence-corrected chi connectivity index (χ2v) is 17.3. The molecule has 0 amide bonds. The van der Waals surface area contributed by atoms with E-state index in [4.69, 9.17) is 4.74 Å². The van der Waals surface area contributed by atoms with Crippen molar-refractivity contribution in [1.29, 1.82) is 0 Å². The molecule has 0 N–H and O–H groups in total. The van der Waals surface area contributed by atoms with E-state index in [1.165, 1.54) is 69.3 Å². The minimum Gasteiger partial charge on any atom is -0.463 e. The minimum atomic E-state index is -0.0824. The molecular weight excluding hydrogens is 468 g/mol. The molecule has 200 valence electrons. The summed E-state index contributed by atoms with van der Waals surface area (Å²) in [5, 5.41) is 0. The molecule has 1 aliphatic heterocycles. The lowest BCUT2D eigenvalue weighted by Crippen LogP contribution is -2.61. The van der Waals surface area contributed by atoms with Crippen LogP contribution in [0.1, 0.15) is 112 Å². The summed E-state index contributed by atoms with van der Waals surface area (Å²) in [7, 11) is 0. The number of carbonyl (C=O) groups is 1. The highest BCUT2D eigenvalue weighted by Gasteiger charge is 2.67. The Kier molecular flexibility index (Phi) is 7.68. The lowest BCUT2D eigenvalue weighted by molar-refractivity contribution is -0.161. The first-order chi connectivity index (χ1) is 16.6. The minimum absolute atomic E-state index is 0.0824. The van der Waals surface area contributed by atoms with Crippen LogP contribution in [-0.4, -0.2) is 27.7 Å². The molecule has 4 heteroatoms. The van der Waals surface area contributed by atoms with E-state index < -0.39 is 0 Å². The van der Waals surface area contributed by atoms with Gasteiger partial charge in [-0.15, -0.1) is 23.5 Å². The van der Waals surface area contributed by atoms with E-state index in [1.54, 1.807) is 6.92 Å². The average Bonchev–Trinajstić information content (AvgIpc) is 3.39. The molecule has 1 heterocycles. The molecule has 0 bridgehead atoms. The van der Waals surface area contributed by atoms with Gasteiger partial charge < -0.3 is 4.74 Å². The van der Waals surface area contributed by atoms with Crippen LogP contribution in [0.25, 0.3) is 0 Å². The highest BCUT2D eigenvalue weighted by Crippen LogP contribution is 2.74. The van der Waals surface area contributed by atoms with Crippen molar-refractivity contribution in [2.24, 2.45) is 52.3 Å². The first kappa shape index (κ1) is 26.8. The highest BCUT2D eigenvalue weighted by molar-refractivity contribution is 8.21. The van der Waals surface area contributed by atoms with E-state index in [-0.39, 0.29) is 12.1 Å². The lowest BCUT2D eigenvalue weighted by atomic mass is 9.44. The maximum Gasteiger partial charge on any atom is 0.302 e. The van der Waals surface area contributed by atoms with Gasteiger partial charge in [-0.2, -0.15) is 0 Å². The fourth-order valence-electron chi connectivity index (χ4n) is 10.4. The van der Waals surface area contributed by atoms with E-state index in [0.717, 1.165) is 48.3 Å². The zero-order valence-electron chi connectivity index (χ0n) is 23.4. The lowest BCUT2D eigenvalue weighted by Gasteiger charge is -2.65. The Morgan fingerprint density at radius 3 is 2.31 bits per heavy atom. The van der Waals surface area contributed by atoms with E-state index in [2.05, 4.69) is 58.1 Å². The summed E-state index contributed by atoms with van der Waals surface area (Å²) in [5.41, 5.74) is 0.984.